The van der Waals surface area contributed by atoms with Gasteiger partial charge in [-0.15, -0.1) is 23.1 Å². The lowest BCUT2D eigenvalue weighted by molar-refractivity contribution is 0.0791. The van der Waals surface area contributed by atoms with Crippen molar-refractivity contribution >= 4 is 67.3 Å². The first kappa shape index (κ1) is 17.0. The molecule has 8 heteroatoms. The molecular weight excluding hydrogens is 420 g/mol. The zero-order valence-electron chi connectivity index (χ0n) is 12.2. The number of ether oxygens (including phenoxy) is 1. The molecule has 3 rings (SSSR count). The van der Waals surface area contributed by atoms with Crippen LogP contribution < -0.4 is 0 Å². The minimum Gasteiger partial charge on any atom is -0.362 e. The van der Waals surface area contributed by atoms with Crippen LogP contribution in [-0.2, 0) is 4.74 Å². The van der Waals surface area contributed by atoms with E-state index in [4.69, 9.17) is 16.3 Å². The predicted octanol–water partition coefficient (Wildman–Crippen LogP) is 5.23. The Kier molecular flexibility index (Phi) is 5.13. The zero-order valence-corrected chi connectivity index (χ0v) is 16.2. The average Bonchev–Trinajstić information content (AvgIpc) is 3.16. The normalized spacial score (nSPS) is 12.7. The van der Waals surface area contributed by atoms with Gasteiger partial charge in [0.25, 0.3) is 0 Å². The quantitative estimate of drug-likeness (QED) is 0.444. The Morgan fingerprint density at radius 2 is 2.30 bits per heavy atom. The van der Waals surface area contributed by atoms with Gasteiger partial charge in [0.1, 0.15) is 5.01 Å². The topological polar surface area (TPSA) is 55.0 Å². The Morgan fingerprint density at radius 1 is 1.52 bits per heavy atom. The van der Waals surface area contributed by atoms with E-state index in [2.05, 4.69) is 25.9 Å². The van der Waals surface area contributed by atoms with Gasteiger partial charge in [-0.25, -0.2) is 4.98 Å². The first-order valence-corrected chi connectivity index (χ1v) is 9.91. The summed E-state index contributed by atoms with van der Waals surface area (Å²) in [6, 6.07) is 3.71. The van der Waals surface area contributed by atoms with E-state index in [1.807, 2.05) is 23.8 Å². The first-order valence-electron chi connectivity index (χ1n) is 6.57. The molecule has 3 aromatic rings. The van der Waals surface area contributed by atoms with E-state index in [1.165, 1.54) is 30.2 Å². The molecule has 0 bridgehead atoms. The SMILES string of the molecule is COC(SC)C(=O)c1[nH]c2cc(Br)c(Cl)cc2c1-c1nccs1. The van der Waals surface area contributed by atoms with Gasteiger partial charge < -0.3 is 9.72 Å². The van der Waals surface area contributed by atoms with Crippen molar-refractivity contribution in [2.45, 2.75) is 5.44 Å². The van der Waals surface area contributed by atoms with E-state index in [9.17, 15) is 4.79 Å². The van der Waals surface area contributed by atoms with Crippen LogP contribution in [0.3, 0.4) is 0 Å². The molecule has 0 aliphatic carbocycles. The van der Waals surface area contributed by atoms with E-state index < -0.39 is 5.44 Å². The first-order chi connectivity index (χ1) is 11.1. The van der Waals surface area contributed by atoms with E-state index in [-0.39, 0.29) is 5.78 Å². The van der Waals surface area contributed by atoms with Crippen LogP contribution in [0, 0.1) is 0 Å². The molecule has 0 spiro atoms. The maximum absolute atomic E-state index is 12.8. The molecule has 0 saturated heterocycles. The van der Waals surface area contributed by atoms with Crippen molar-refractivity contribution in [1.29, 1.82) is 0 Å². The number of Topliss-reactive ketones (excluding diaryl/α,β-unsaturated/α-hetero) is 1. The number of rotatable bonds is 5. The number of fused-ring (bicyclic) bond motifs is 1. The summed E-state index contributed by atoms with van der Waals surface area (Å²) in [5, 5.41) is 4.11. The van der Waals surface area contributed by atoms with Gasteiger partial charge in [-0.1, -0.05) is 11.6 Å². The number of thioether (sulfide) groups is 1. The number of carbonyl (C=O) groups excluding carboxylic acids is 1. The minimum absolute atomic E-state index is 0.117. The highest BCUT2D eigenvalue weighted by molar-refractivity contribution is 9.10. The largest absolute Gasteiger partial charge is 0.362 e. The number of benzene rings is 1. The summed E-state index contributed by atoms with van der Waals surface area (Å²) in [5.41, 5.74) is 1.52. The maximum Gasteiger partial charge on any atom is 0.218 e. The zero-order chi connectivity index (χ0) is 16.6. The van der Waals surface area contributed by atoms with E-state index in [0.29, 0.717) is 10.7 Å². The van der Waals surface area contributed by atoms with Gasteiger partial charge >= 0.3 is 0 Å². The Balaban J connectivity index is 2.28. The number of hydrogen-bond donors (Lipinski definition) is 1. The number of nitrogens with zero attached hydrogens (tertiary/aromatic N) is 1. The Labute approximate surface area is 154 Å². The molecule has 0 fully saturated rings. The Morgan fingerprint density at radius 3 is 2.91 bits per heavy atom. The molecular formula is C15H12BrClN2O2S2. The van der Waals surface area contributed by atoms with Crippen molar-refractivity contribution in [3.8, 4) is 10.6 Å². The van der Waals surface area contributed by atoms with Gasteiger partial charge in [0.2, 0.25) is 5.78 Å². The van der Waals surface area contributed by atoms with Crippen LogP contribution in [0.25, 0.3) is 21.5 Å². The molecule has 2 aromatic heterocycles. The third-order valence-electron chi connectivity index (χ3n) is 3.37. The van der Waals surface area contributed by atoms with Gasteiger partial charge in [-0.05, 0) is 34.3 Å². The van der Waals surface area contributed by atoms with Crippen LogP contribution in [0.2, 0.25) is 5.02 Å². The second-order valence-corrected chi connectivity index (χ2v) is 7.75. The van der Waals surface area contributed by atoms with E-state index in [0.717, 1.165) is 25.9 Å². The summed E-state index contributed by atoms with van der Waals surface area (Å²) < 4.78 is 6.04. The lowest BCUT2D eigenvalue weighted by atomic mass is 10.1. The predicted molar refractivity (Wildman–Crippen MR) is 101 cm³/mol. The number of methoxy groups -OCH3 is 1. The molecule has 2 heterocycles. The lowest BCUT2D eigenvalue weighted by Gasteiger charge is -2.11. The van der Waals surface area contributed by atoms with Crippen LogP contribution in [0.1, 0.15) is 10.5 Å². The van der Waals surface area contributed by atoms with Crippen LogP contribution in [0.15, 0.2) is 28.2 Å². The molecule has 0 saturated carbocycles. The van der Waals surface area contributed by atoms with E-state index in [1.54, 1.807) is 6.20 Å². The Bertz CT molecular complexity index is 860. The van der Waals surface area contributed by atoms with Gasteiger partial charge in [0, 0.05) is 39.6 Å². The number of ketones is 1. The fourth-order valence-electron chi connectivity index (χ4n) is 2.37. The molecule has 4 nitrogen and oxygen atoms in total. The number of H-pyrrole nitrogens is 1. The third-order valence-corrected chi connectivity index (χ3v) is 6.20. The summed E-state index contributed by atoms with van der Waals surface area (Å²) >= 11 is 12.5. The highest BCUT2D eigenvalue weighted by Gasteiger charge is 2.27. The second-order valence-electron chi connectivity index (χ2n) is 4.69. The second kappa shape index (κ2) is 6.94. The van der Waals surface area contributed by atoms with Gasteiger partial charge in [-0.2, -0.15) is 0 Å². The fourth-order valence-corrected chi connectivity index (χ4v) is 4.10. The number of halogens is 2. The molecule has 23 heavy (non-hydrogen) atoms. The van der Waals surface area contributed by atoms with Crippen molar-refractivity contribution in [3.05, 3.63) is 38.9 Å². The van der Waals surface area contributed by atoms with Gasteiger partial charge in [0.15, 0.2) is 5.44 Å². The van der Waals surface area contributed by atoms with Crippen molar-refractivity contribution in [3.63, 3.8) is 0 Å². The molecule has 120 valence electrons. The maximum atomic E-state index is 12.8. The number of nitrogens with one attached hydrogen (secondary N) is 1. The number of carbonyl (C=O) groups is 1. The number of thiazole rings is 1. The fraction of sp³-hybridized carbons (Fsp3) is 0.200. The monoisotopic (exact) mass is 430 g/mol. The third kappa shape index (κ3) is 3.08. The highest BCUT2D eigenvalue weighted by Crippen LogP contribution is 2.38. The van der Waals surface area contributed by atoms with Crippen molar-refractivity contribution in [2.24, 2.45) is 0 Å². The summed E-state index contributed by atoms with van der Waals surface area (Å²) in [7, 11) is 1.53. The molecule has 0 radical (unpaired) electrons. The minimum atomic E-state index is -0.569. The Hall–Kier alpha value is -0.860. The number of aromatic amines is 1. The van der Waals surface area contributed by atoms with Crippen molar-refractivity contribution in [2.75, 3.05) is 13.4 Å². The lowest BCUT2D eigenvalue weighted by Crippen LogP contribution is -2.20. The number of hydrogen-bond acceptors (Lipinski definition) is 5. The van der Waals surface area contributed by atoms with Crippen LogP contribution in [0.5, 0.6) is 0 Å². The molecule has 0 aliphatic rings. The number of aromatic nitrogens is 2. The molecule has 1 unspecified atom stereocenters. The molecule has 1 aromatic carbocycles. The molecule has 0 aliphatic heterocycles. The van der Waals surface area contributed by atoms with Gasteiger partial charge in [-0.3, -0.25) is 4.79 Å². The van der Waals surface area contributed by atoms with Gasteiger partial charge in [0.05, 0.1) is 10.7 Å². The van der Waals surface area contributed by atoms with Crippen molar-refractivity contribution in [1.82, 2.24) is 9.97 Å². The van der Waals surface area contributed by atoms with Crippen LogP contribution >= 0.6 is 50.6 Å². The smallest absolute Gasteiger partial charge is 0.218 e. The average molecular weight is 432 g/mol. The molecule has 1 N–H and O–H groups in total. The molecule has 1 atom stereocenters. The van der Waals surface area contributed by atoms with Crippen molar-refractivity contribution < 1.29 is 9.53 Å². The highest BCUT2D eigenvalue weighted by atomic mass is 79.9. The summed E-state index contributed by atoms with van der Waals surface area (Å²) in [4.78, 5) is 20.4. The van der Waals surface area contributed by atoms with Crippen LogP contribution in [0.4, 0.5) is 0 Å². The van der Waals surface area contributed by atoms with E-state index >= 15 is 0 Å². The van der Waals surface area contributed by atoms with Crippen LogP contribution in [-0.4, -0.2) is 34.6 Å². The standard InChI is InChI=1S/C15H12BrClN2O2S2/c1-21-15(22-2)13(20)12-11(14-18-3-4-23-14)7-5-9(17)8(16)6-10(7)19-12/h3-6,15,19H,1-2H3. The molecule has 0 amide bonds. The summed E-state index contributed by atoms with van der Waals surface area (Å²) in [6.07, 6.45) is 3.56. The summed E-state index contributed by atoms with van der Waals surface area (Å²) in [6.45, 7) is 0. The summed E-state index contributed by atoms with van der Waals surface area (Å²) in [5.74, 6) is -0.117.